The van der Waals surface area contributed by atoms with Crippen molar-refractivity contribution >= 4 is 33.8 Å². The number of benzene rings is 3. The van der Waals surface area contributed by atoms with E-state index in [0.717, 1.165) is 85.3 Å². The van der Waals surface area contributed by atoms with Gasteiger partial charge in [0.25, 0.3) is 0 Å². The summed E-state index contributed by atoms with van der Waals surface area (Å²) in [4.78, 5) is 11.4. The first-order valence-electron chi connectivity index (χ1n) is 17.1. The van der Waals surface area contributed by atoms with Crippen LogP contribution in [0.5, 0.6) is 0 Å². The highest BCUT2D eigenvalue weighted by Crippen LogP contribution is 2.33. The zero-order chi connectivity index (χ0) is 32.6. The summed E-state index contributed by atoms with van der Waals surface area (Å²) in [6, 6.07) is 18.8. The zero-order valence-electron chi connectivity index (χ0n) is 28.1. The summed E-state index contributed by atoms with van der Waals surface area (Å²) < 4.78 is 11.2. The second-order valence-electron chi connectivity index (χ2n) is 12.2. The molecule has 3 aromatic carbocycles. The van der Waals surface area contributed by atoms with Crippen LogP contribution in [0.1, 0.15) is 89.2 Å². The van der Waals surface area contributed by atoms with Gasteiger partial charge in [0.05, 0.1) is 30.3 Å². The predicted octanol–water partition coefficient (Wildman–Crippen LogP) is 11.4. The first-order valence-corrected chi connectivity index (χ1v) is 17.1. The number of anilines is 1. The number of hydrogen-bond acceptors (Lipinski definition) is 6. The number of hydrogen-bond donors (Lipinski definition) is 1. The summed E-state index contributed by atoms with van der Waals surface area (Å²) in [7, 11) is 0. The molecule has 0 radical (unpaired) electrons. The van der Waals surface area contributed by atoms with Gasteiger partial charge in [-0.3, -0.25) is 0 Å². The highest BCUT2D eigenvalue weighted by Gasteiger charge is 2.10. The number of carbonyl (C=O) groups excluding carboxylic acids is 1. The average Bonchev–Trinajstić information content (AvgIpc) is 3.07. The van der Waals surface area contributed by atoms with E-state index in [0.29, 0.717) is 12.2 Å². The minimum Gasteiger partial charge on any atom is -0.498 e. The molecule has 0 saturated heterocycles. The lowest BCUT2D eigenvalue weighted by molar-refractivity contribution is -0.139. The second-order valence-corrected chi connectivity index (χ2v) is 12.2. The molecule has 0 amide bonds. The Morgan fingerprint density at radius 1 is 0.848 bits per heavy atom. The minimum absolute atomic E-state index is 0.282. The molecular formula is C40H51N3O3. The first kappa shape index (κ1) is 34.7. The Labute approximate surface area is 275 Å². The molecule has 0 fully saturated rings. The number of nitrogens with one attached hydrogen (secondary N) is 1. The molecule has 0 aliphatic heterocycles. The molecule has 0 unspecified atom stereocenters. The number of carbonyl (C=O) groups is 1. The van der Waals surface area contributed by atoms with E-state index in [2.05, 4.69) is 96.7 Å². The normalized spacial score (nSPS) is 13.0. The molecule has 46 heavy (non-hydrogen) atoms. The number of azo groups is 1. The van der Waals surface area contributed by atoms with Gasteiger partial charge in [-0.25, -0.2) is 4.79 Å². The number of esters is 1. The van der Waals surface area contributed by atoms with Crippen molar-refractivity contribution in [2.45, 2.75) is 91.4 Å². The quantitative estimate of drug-likeness (QED) is 0.0625. The zero-order valence-corrected chi connectivity index (χ0v) is 28.1. The maximum absolute atomic E-state index is 11.4. The Morgan fingerprint density at radius 2 is 1.57 bits per heavy atom. The number of allylic oxidation sites excluding steroid dienone is 3. The van der Waals surface area contributed by atoms with E-state index in [1.807, 2.05) is 6.07 Å². The van der Waals surface area contributed by atoms with Gasteiger partial charge < -0.3 is 14.8 Å². The highest BCUT2D eigenvalue weighted by molar-refractivity contribution is 6.00. The van der Waals surface area contributed by atoms with E-state index >= 15 is 0 Å². The van der Waals surface area contributed by atoms with Gasteiger partial charge in [-0.1, -0.05) is 94.0 Å². The Morgan fingerprint density at radius 3 is 2.24 bits per heavy atom. The van der Waals surface area contributed by atoms with E-state index in [9.17, 15) is 4.79 Å². The van der Waals surface area contributed by atoms with Crippen LogP contribution in [0, 0.1) is 6.92 Å². The van der Waals surface area contributed by atoms with Gasteiger partial charge in [0.2, 0.25) is 0 Å². The Bertz CT molecular complexity index is 1550. The van der Waals surface area contributed by atoms with Gasteiger partial charge in [0.15, 0.2) is 0 Å². The predicted molar refractivity (Wildman–Crippen MR) is 191 cm³/mol. The molecule has 4 rings (SSSR count). The Kier molecular flexibility index (Phi) is 14.1. The molecule has 0 heterocycles. The van der Waals surface area contributed by atoms with Gasteiger partial charge in [-0.15, -0.1) is 5.11 Å². The molecule has 1 N–H and O–H groups in total. The smallest absolute Gasteiger partial charge is 0.333 e. The maximum Gasteiger partial charge on any atom is 0.333 e. The lowest BCUT2D eigenvalue weighted by Crippen LogP contribution is -2.08. The molecular weight excluding hydrogens is 570 g/mol. The van der Waals surface area contributed by atoms with Crippen molar-refractivity contribution in [3.8, 4) is 0 Å². The van der Waals surface area contributed by atoms with Gasteiger partial charge in [0.1, 0.15) is 0 Å². The van der Waals surface area contributed by atoms with Crippen molar-refractivity contribution in [2.75, 3.05) is 25.1 Å². The fourth-order valence-electron chi connectivity index (χ4n) is 5.67. The van der Waals surface area contributed by atoms with Crippen LogP contribution in [0.3, 0.4) is 0 Å². The second kappa shape index (κ2) is 18.7. The average molecular weight is 622 g/mol. The summed E-state index contributed by atoms with van der Waals surface area (Å²) in [5.41, 5.74) is 7.29. The van der Waals surface area contributed by atoms with Crippen LogP contribution >= 0.6 is 0 Å². The van der Waals surface area contributed by atoms with Crippen molar-refractivity contribution in [1.29, 1.82) is 0 Å². The minimum atomic E-state index is -0.282. The third-order valence-corrected chi connectivity index (χ3v) is 8.49. The lowest BCUT2D eigenvalue weighted by Gasteiger charge is -2.17. The Balaban J connectivity index is 1.15. The number of unbranched alkanes of at least 4 members (excludes halogenated alkanes) is 7. The van der Waals surface area contributed by atoms with E-state index in [4.69, 9.17) is 9.47 Å². The maximum atomic E-state index is 11.4. The topological polar surface area (TPSA) is 72.3 Å². The molecule has 6 heteroatoms. The fraction of sp³-hybridized carbons (Fsp3) is 0.425. The summed E-state index contributed by atoms with van der Waals surface area (Å²) in [6.45, 7) is 11.7. The van der Waals surface area contributed by atoms with Gasteiger partial charge in [-0.05, 0) is 81.0 Å². The third-order valence-electron chi connectivity index (χ3n) is 8.49. The number of nitrogens with zero attached hydrogens (tertiary/aromatic N) is 2. The van der Waals surface area contributed by atoms with Crippen LogP contribution in [-0.2, 0) is 20.7 Å². The van der Waals surface area contributed by atoms with Crippen molar-refractivity contribution in [3.63, 3.8) is 0 Å². The molecule has 1 aliphatic rings. The monoisotopic (exact) mass is 621 g/mol. The third kappa shape index (κ3) is 11.0. The fourth-order valence-corrected chi connectivity index (χ4v) is 5.67. The number of rotatable bonds is 19. The summed E-state index contributed by atoms with van der Waals surface area (Å²) >= 11 is 0. The molecule has 0 bridgehead atoms. The number of ether oxygens (including phenoxy) is 2. The Hall–Kier alpha value is -4.19. The van der Waals surface area contributed by atoms with E-state index < -0.39 is 0 Å². The molecule has 3 aromatic rings. The van der Waals surface area contributed by atoms with Gasteiger partial charge in [0, 0.05) is 35.0 Å². The van der Waals surface area contributed by atoms with Crippen LogP contribution in [-0.4, -0.2) is 25.7 Å². The van der Waals surface area contributed by atoms with E-state index in [1.54, 1.807) is 6.92 Å². The summed E-state index contributed by atoms with van der Waals surface area (Å²) in [5, 5.41) is 15.1. The van der Waals surface area contributed by atoms with Crippen LogP contribution in [0.2, 0.25) is 0 Å². The van der Waals surface area contributed by atoms with E-state index in [-0.39, 0.29) is 5.97 Å². The standard InChI is InChI=1S/C40H51N3O3/c1-5-33-20-21-34(28-31(33)4)42-43-39-25-24-38(36-16-12-13-17-37(36)39)41-29-32-18-22-35(23-19-32)45-26-14-10-8-6-7-9-11-15-27-46-40(44)30(2)3/h12-13,16-18,20-22,24-25,28,41H,2,5-11,14-15,19,23,26-27,29H2,1,3-4H3. The molecule has 0 aromatic heterocycles. The lowest BCUT2D eigenvalue weighted by atomic mass is 10.0. The highest BCUT2D eigenvalue weighted by atomic mass is 16.5. The van der Waals surface area contributed by atoms with E-state index in [1.165, 1.54) is 48.8 Å². The molecule has 0 atom stereocenters. The van der Waals surface area contributed by atoms with Gasteiger partial charge >= 0.3 is 5.97 Å². The molecule has 1 aliphatic carbocycles. The summed E-state index contributed by atoms with van der Waals surface area (Å²) in [5.74, 6) is 0.811. The van der Waals surface area contributed by atoms with Crippen LogP contribution in [0.4, 0.5) is 17.1 Å². The van der Waals surface area contributed by atoms with Crippen LogP contribution in [0.15, 0.2) is 100 Å². The number of fused-ring (bicyclic) bond motifs is 1. The molecule has 0 spiro atoms. The van der Waals surface area contributed by atoms with Crippen molar-refractivity contribution in [3.05, 3.63) is 101 Å². The first-order chi connectivity index (χ1) is 22.4. The number of aryl methyl sites for hydroxylation is 2. The van der Waals surface area contributed by atoms with Crippen LogP contribution < -0.4 is 5.32 Å². The summed E-state index contributed by atoms with van der Waals surface area (Å²) in [6.07, 6.45) is 16.6. The van der Waals surface area contributed by atoms with Crippen molar-refractivity contribution in [1.82, 2.24) is 0 Å². The SMILES string of the molecule is C=C(C)C(=O)OCCCCCCCCCCOC1=CC=C(CNc2ccc(N=Nc3ccc(CC)c(C)c3)c3ccccc23)CC1. The van der Waals surface area contributed by atoms with Crippen molar-refractivity contribution in [2.24, 2.45) is 10.2 Å². The molecule has 6 nitrogen and oxygen atoms in total. The largest absolute Gasteiger partial charge is 0.498 e. The van der Waals surface area contributed by atoms with Crippen LogP contribution in [0.25, 0.3) is 10.8 Å². The van der Waals surface area contributed by atoms with Crippen molar-refractivity contribution < 1.29 is 14.3 Å². The molecule has 244 valence electrons. The van der Waals surface area contributed by atoms with Gasteiger partial charge in [-0.2, -0.15) is 5.11 Å². The molecule has 0 saturated carbocycles.